The van der Waals surface area contributed by atoms with Crippen LogP contribution < -0.4 is 10.6 Å². The van der Waals surface area contributed by atoms with Gasteiger partial charge in [-0.25, -0.2) is 0 Å². The molecule has 0 aromatic rings. The SMILES string of the molecule is O=C(CNCCN1CCCCC1)NC1CCCCC1. The van der Waals surface area contributed by atoms with Crippen LogP contribution in [-0.2, 0) is 4.79 Å². The van der Waals surface area contributed by atoms with Crippen LogP contribution in [0.25, 0.3) is 0 Å². The van der Waals surface area contributed by atoms with Crippen molar-refractivity contribution in [3.05, 3.63) is 0 Å². The third-order valence-corrected chi connectivity index (χ3v) is 4.31. The zero-order valence-corrected chi connectivity index (χ0v) is 12.1. The molecule has 1 amide bonds. The molecule has 1 heterocycles. The maximum absolute atomic E-state index is 11.8. The number of hydrogen-bond donors (Lipinski definition) is 2. The van der Waals surface area contributed by atoms with Gasteiger partial charge in [0.25, 0.3) is 0 Å². The molecule has 0 atom stereocenters. The van der Waals surface area contributed by atoms with Crippen LogP contribution >= 0.6 is 0 Å². The summed E-state index contributed by atoms with van der Waals surface area (Å²) >= 11 is 0. The molecular weight excluding hydrogens is 238 g/mol. The van der Waals surface area contributed by atoms with Gasteiger partial charge in [-0.2, -0.15) is 0 Å². The highest BCUT2D eigenvalue weighted by Gasteiger charge is 2.15. The van der Waals surface area contributed by atoms with E-state index in [0.29, 0.717) is 12.6 Å². The summed E-state index contributed by atoms with van der Waals surface area (Å²) in [5.41, 5.74) is 0. The van der Waals surface area contributed by atoms with Crippen LogP contribution in [-0.4, -0.2) is 49.6 Å². The van der Waals surface area contributed by atoms with Crippen LogP contribution in [0.15, 0.2) is 0 Å². The molecule has 2 aliphatic rings. The molecule has 0 unspecified atom stereocenters. The van der Waals surface area contributed by atoms with E-state index in [4.69, 9.17) is 0 Å². The molecule has 0 aromatic carbocycles. The lowest BCUT2D eigenvalue weighted by atomic mass is 9.95. The lowest BCUT2D eigenvalue weighted by Crippen LogP contribution is -2.43. The van der Waals surface area contributed by atoms with Crippen molar-refractivity contribution in [3.8, 4) is 0 Å². The van der Waals surface area contributed by atoms with Crippen molar-refractivity contribution >= 4 is 5.91 Å². The fourth-order valence-electron chi connectivity index (χ4n) is 3.15. The maximum atomic E-state index is 11.8. The summed E-state index contributed by atoms with van der Waals surface area (Å²) in [6, 6.07) is 0.435. The number of amides is 1. The van der Waals surface area contributed by atoms with Gasteiger partial charge < -0.3 is 15.5 Å². The van der Waals surface area contributed by atoms with Crippen molar-refractivity contribution in [2.75, 3.05) is 32.7 Å². The van der Waals surface area contributed by atoms with Crippen molar-refractivity contribution in [2.24, 2.45) is 0 Å². The molecule has 0 radical (unpaired) electrons. The standard InChI is InChI=1S/C15H29N3O/c19-15(17-14-7-3-1-4-8-14)13-16-9-12-18-10-5-2-6-11-18/h14,16H,1-13H2,(H,17,19). The molecule has 1 saturated heterocycles. The Labute approximate surface area is 117 Å². The fraction of sp³-hybridized carbons (Fsp3) is 0.933. The predicted octanol–water partition coefficient (Wildman–Crippen LogP) is 1.51. The minimum atomic E-state index is 0.172. The Morgan fingerprint density at radius 3 is 2.42 bits per heavy atom. The molecule has 4 heteroatoms. The number of carbonyl (C=O) groups excluding carboxylic acids is 1. The number of hydrogen-bond acceptors (Lipinski definition) is 3. The van der Waals surface area contributed by atoms with Gasteiger partial charge in [-0.05, 0) is 38.8 Å². The molecule has 2 rings (SSSR count). The number of nitrogens with zero attached hydrogens (tertiary/aromatic N) is 1. The topological polar surface area (TPSA) is 44.4 Å². The van der Waals surface area contributed by atoms with Crippen LogP contribution in [0, 0.1) is 0 Å². The maximum Gasteiger partial charge on any atom is 0.234 e. The third kappa shape index (κ3) is 5.91. The zero-order chi connectivity index (χ0) is 13.3. The summed E-state index contributed by atoms with van der Waals surface area (Å²) in [4.78, 5) is 14.3. The first-order valence-electron chi connectivity index (χ1n) is 8.07. The smallest absolute Gasteiger partial charge is 0.234 e. The number of nitrogens with one attached hydrogen (secondary N) is 2. The molecule has 2 N–H and O–H groups in total. The fourth-order valence-corrected chi connectivity index (χ4v) is 3.15. The Morgan fingerprint density at radius 2 is 1.68 bits per heavy atom. The zero-order valence-electron chi connectivity index (χ0n) is 12.1. The monoisotopic (exact) mass is 267 g/mol. The first kappa shape index (κ1) is 14.8. The summed E-state index contributed by atoms with van der Waals surface area (Å²) in [6.45, 7) is 4.95. The van der Waals surface area contributed by atoms with E-state index in [0.717, 1.165) is 13.1 Å². The van der Waals surface area contributed by atoms with Crippen LogP contribution in [0.3, 0.4) is 0 Å². The molecule has 1 saturated carbocycles. The van der Waals surface area contributed by atoms with Crippen LogP contribution in [0.2, 0.25) is 0 Å². The van der Waals surface area contributed by atoms with Crippen LogP contribution in [0.4, 0.5) is 0 Å². The summed E-state index contributed by atoms with van der Waals surface area (Å²) < 4.78 is 0. The van der Waals surface area contributed by atoms with Gasteiger partial charge in [-0.15, -0.1) is 0 Å². The minimum absolute atomic E-state index is 0.172. The molecule has 0 spiro atoms. The summed E-state index contributed by atoms with van der Waals surface area (Å²) in [5.74, 6) is 0.172. The second-order valence-corrected chi connectivity index (χ2v) is 5.98. The van der Waals surface area contributed by atoms with E-state index in [1.54, 1.807) is 0 Å². The van der Waals surface area contributed by atoms with Gasteiger partial charge in [0.2, 0.25) is 5.91 Å². The lowest BCUT2D eigenvalue weighted by Gasteiger charge is -2.26. The van der Waals surface area contributed by atoms with E-state index >= 15 is 0 Å². The Balaban J connectivity index is 1.48. The normalized spacial score (nSPS) is 22.3. The second-order valence-electron chi connectivity index (χ2n) is 5.98. The molecule has 110 valence electrons. The highest BCUT2D eigenvalue weighted by molar-refractivity contribution is 5.78. The molecule has 19 heavy (non-hydrogen) atoms. The van der Waals surface area contributed by atoms with Gasteiger partial charge >= 0.3 is 0 Å². The average molecular weight is 267 g/mol. The van der Waals surface area contributed by atoms with E-state index in [-0.39, 0.29) is 5.91 Å². The third-order valence-electron chi connectivity index (χ3n) is 4.31. The van der Waals surface area contributed by atoms with Gasteiger partial charge in [-0.1, -0.05) is 25.7 Å². The van der Waals surface area contributed by atoms with Gasteiger partial charge in [0, 0.05) is 19.1 Å². The minimum Gasteiger partial charge on any atom is -0.352 e. The van der Waals surface area contributed by atoms with Gasteiger partial charge in [0.1, 0.15) is 0 Å². The molecule has 1 aliphatic heterocycles. The summed E-state index contributed by atoms with van der Waals surface area (Å²) in [5, 5.41) is 6.41. The summed E-state index contributed by atoms with van der Waals surface area (Å²) in [7, 11) is 0. The first-order valence-corrected chi connectivity index (χ1v) is 8.07. The van der Waals surface area contributed by atoms with E-state index < -0.39 is 0 Å². The second kappa shape index (κ2) is 8.54. The van der Waals surface area contributed by atoms with Crippen LogP contribution in [0.5, 0.6) is 0 Å². The van der Waals surface area contributed by atoms with Crippen molar-refractivity contribution in [1.82, 2.24) is 15.5 Å². The average Bonchev–Trinajstić information content (AvgIpc) is 2.46. The Hall–Kier alpha value is -0.610. The molecule has 1 aliphatic carbocycles. The van der Waals surface area contributed by atoms with Gasteiger partial charge in [-0.3, -0.25) is 4.79 Å². The molecule has 4 nitrogen and oxygen atoms in total. The van der Waals surface area contributed by atoms with Gasteiger partial charge in [0.05, 0.1) is 6.54 Å². The highest BCUT2D eigenvalue weighted by Crippen LogP contribution is 2.17. The van der Waals surface area contributed by atoms with Crippen molar-refractivity contribution in [1.29, 1.82) is 0 Å². The van der Waals surface area contributed by atoms with Crippen molar-refractivity contribution in [3.63, 3.8) is 0 Å². The van der Waals surface area contributed by atoms with E-state index in [1.165, 1.54) is 64.5 Å². The van der Waals surface area contributed by atoms with Crippen molar-refractivity contribution < 1.29 is 4.79 Å². The predicted molar refractivity (Wildman–Crippen MR) is 78.2 cm³/mol. The van der Waals surface area contributed by atoms with E-state index in [9.17, 15) is 4.79 Å². The first-order chi connectivity index (χ1) is 9.34. The Morgan fingerprint density at radius 1 is 1.00 bits per heavy atom. The van der Waals surface area contributed by atoms with E-state index in [2.05, 4.69) is 15.5 Å². The number of rotatable bonds is 6. The molecule has 0 bridgehead atoms. The number of likely N-dealkylation sites (tertiary alicyclic amines) is 1. The molecule has 2 fully saturated rings. The van der Waals surface area contributed by atoms with Gasteiger partial charge in [0.15, 0.2) is 0 Å². The molecular formula is C15H29N3O. The van der Waals surface area contributed by atoms with Crippen molar-refractivity contribution in [2.45, 2.75) is 57.4 Å². The molecule has 0 aromatic heterocycles. The van der Waals surface area contributed by atoms with E-state index in [1.807, 2.05) is 0 Å². The number of piperidine rings is 1. The largest absolute Gasteiger partial charge is 0.352 e. The Bertz CT molecular complexity index is 258. The van der Waals surface area contributed by atoms with Crippen LogP contribution in [0.1, 0.15) is 51.4 Å². The summed E-state index contributed by atoms with van der Waals surface area (Å²) in [6.07, 6.45) is 10.3. The number of carbonyl (C=O) groups is 1. The highest BCUT2D eigenvalue weighted by atomic mass is 16.1. The quantitative estimate of drug-likeness (QED) is 0.717. The lowest BCUT2D eigenvalue weighted by molar-refractivity contribution is -0.121. The Kier molecular flexibility index (Phi) is 6.65.